The highest BCUT2D eigenvalue weighted by atomic mass is 16.6. The lowest BCUT2D eigenvalue weighted by Gasteiger charge is -2.57. The second kappa shape index (κ2) is 8.63. The van der Waals surface area contributed by atoms with E-state index < -0.39 is 24.0 Å². The summed E-state index contributed by atoms with van der Waals surface area (Å²) in [6, 6.07) is -1.01. The van der Waals surface area contributed by atoms with Crippen molar-refractivity contribution in [3.8, 4) is 0 Å². The van der Waals surface area contributed by atoms with Gasteiger partial charge in [-0.3, -0.25) is 4.79 Å². The van der Waals surface area contributed by atoms with Gasteiger partial charge in [0.2, 0.25) is 0 Å². The molecule has 3 N–H and O–H groups in total. The standard InChI is InChI=1S/C26H38N2O6/c1-25-9-7-16(27-34-14-23(31)28-13-17(29)12-21(28)24(32)33)11-15(25)3-4-18-19-5-6-22(30)26(19,2)10-8-20(18)25/h11,17-22,29-30H,3-10,12-14H2,1-2H3,(H,32,33)/t17?,18?,19?,20?,21?,22?,25-,26-/m0/s1. The second-order valence-electron chi connectivity index (χ2n) is 11.8. The Hall–Kier alpha value is -1.93. The van der Waals surface area contributed by atoms with Gasteiger partial charge in [0.15, 0.2) is 6.61 Å². The average Bonchev–Trinajstić information content (AvgIpc) is 3.33. The van der Waals surface area contributed by atoms with E-state index in [9.17, 15) is 24.9 Å². The number of β-amino-alcohol motifs (C(OH)–C–C–N with tert-alkyl or cyclic N) is 1. The second-order valence-corrected chi connectivity index (χ2v) is 11.8. The number of aliphatic hydroxyl groups excluding tert-OH is 2. The summed E-state index contributed by atoms with van der Waals surface area (Å²) in [5.41, 5.74) is 2.52. The van der Waals surface area contributed by atoms with E-state index in [1.54, 1.807) is 0 Å². The molecular weight excluding hydrogens is 436 g/mol. The van der Waals surface area contributed by atoms with Crippen molar-refractivity contribution in [1.29, 1.82) is 0 Å². The number of carboxylic acids is 1. The number of aliphatic carboxylic acids is 1. The molecule has 8 heteroatoms. The average molecular weight is 475 g/mol. The number of hydrogen-bond acceptors (Lipinski definition) is 6. The molecule has 8 atom stereocenters. The van der Waals surface area contributed by atoms with Gasteiger partial charge < -0.3 is 25.1 Å². The number of hydrogen-bond donors (Lipinski definition) is 3. The highest BCUT2D eigenvalue weighted by Crippen LogP contribution is 2.65. The van der Waals surface area contributed by atoms with Crippen LogP contribution in [0.1, 0.15) is 71.6 Å². The van der Waals surface area contributed by atoms with Crippen molar-refractivity contribution in [3.05, 3.63) is 11.6 Å². The SMILES string of the molecule is C[C@]12CCC3C(CCC4=CC(=NOCC(=O)N5CC(O)CC5C(=O)O)CC[C@@]43C)C1CCC2O. The number of allylic oxidation sites excluding steroid dienone is 2. The minimum Gasteiger partial charge on any atom is -0.480 e. The van der Waals surface area contributed by atoms with Gasteiger partial charge in [-0.05, 0) is 86.0 Å². The van der Waals surface area contributed by atoms with Crippen molar-refractivity contribution in [1.82, 2.24) is 4.90 Å². The number of carboxylic acid groups (broad SMARTS) is 1. The number of fused-ring (bicyclic) bond motifs is 5. The summed E-state index contributed by atoms with van der Waals surface area (Å²) in [6.07, 6.45) is 9.64. The lowest BCUT2D eigenvalue weighted by molar-refractivity contribution is -0.150. The Balaban J connectivity index is 1.24. The monoisotopic (exact) mass is 474 g/mol. The minimum atomic E-state index is -1.11. The third-order valence-electron chi connectivity index (χ3n) is 10.2. The predicted molar refractivity (Wildman–Crippen MR) is 125 cm³/mol. The van der Waals surface area contributed by atoms with Crippen LogP contribution < -0.4 is 0 Å². The van der Waals surface area contributed by atoms with E-state index in [-0.39, 0.29) is 36.5 Å². The van der Waals surface area contributed by atoms with Crippen molar-refractivity contribution < 1.29 is 29.7 Å². The molecule has 0 spiro atoms. The Morgan fingerprint density at radius 1 is 1.12 bits per heavy atom. The fraction of sp³-hybridized carbons (Fsp3) is 0.808. The molecule has 188 valence electrons. The van der Waals surface area contributed by atoms with Crippen molar-refractivity contribution in [2.24, 2.45) is 33.7 Å². The zero-order valence-corrected chi connectivity index (χ0v) is 20.3. The molecule has 0 aromatic heterocycles. The van der Waals surface area contributed by atoms with Gasteiger partial charge in [-0.15, -0.1) is 0 Å². The van der Waals surface area contributed by atoms with Crippen LogP contribution in [-0.2, 0) is 14.4 Å². The zero-order valence-electron chi connectivity index (χ0n) is 20.3. The third kappa shape index (κ3) is 3.77. The van der Waals surface area contributed by atoms with Crippen molar-refractivity contribution >= 4 is 17.6 Å². The fourth-order valence-electron chi connectivity index (χ4n) is 8.19. The molecule has 0 aromatic rings. The van der Waals surface area contributed by atoms with Crippen molar-refractivity contribution in [2.45, 2.75) is 89.9 Å². The maximum Gasteiger partial charge on any atom is 0.326 e. The molecule has 0 aromatic carbocycles. The van der Waals surface area contributed by atoms with Crippen LogP contribution in [0.3, 0.4) is 0 Å². The number of oxime groups is 1. The number of aliphatic hydroxyl groups is 2. The van der Waals surface area contributed by atoms with Crippen LogP contribution in [0.2, 0.25) is 0 Å². The summed E-state index contributed by atoms with van der Waals surface area (Å²) >= 11 is 0. The number of rotatable bonds is 4. The topological polar surface area (TPSA) is 120 Å². The van der Waals surface area contributed by atoms with Crippen LogP contribution in [-0.4, -0.2) is 69.2 Å². The van der Waals surface area contributed by atoms with E-state index in [1.807, 2.05) is 0 Å². The smallest absolute Gasteiger partial charge is 0.326 e. The molecule has 1 saturated heterocycles. The van der Waals surface area contributed by atoms with Crippen molar-refractivity contribution in [2.75, 3.05) is 13.2 Å². The molecule has 34 heavy (non-hydrogen) atoms. The summed E-state index contributed by atoms with van der Waals surface area (Å²) in [7, 11) is 0. The van der Waals surface area contributed by atoms with E-state index in [1.165, 1.54) is 23.3 Å². The normalized spacial score (nSPS) is 44.8. The number of likely N-dealkylation sites (tertiary alicyclic amines) is 1. The molecule has 3 saturated carbocycles. The summed E-state index contributed by atoms with van der Waals surface area (Å²) in [5, 5.41) is 33.9. The van der Waals surface area contributed by atoms with Gasteiger partial charge in [-0.2, -0.15) is 0 Å². The Morgan fingerprint density at radius 3 is 2.68 bits per heavy atom. The van der Waals surface area contributed by atoms with Crippen LogP contribution in [0.15, 0.2) is 16.8 Å². The molecule has 8 nitrogen and oxygen atoms in total. The summed E-state index contributed by atoms with van der Waals surface area (Å²) in [4.78, 5) is 30.3. The van der Waals surface area contributed by atoms with Gasteiger partial charge in [-0.25, -0.2) is 4.79 Å². The first-order chi connectivity index (χ1) is 16.1. The minimum absolute atomic E-state index is 0.0117. The van der Waals surface area contributed by atoms with Crippen LogP contribution in [0.4, 0.5) is 0 Å². The van der Waals surface area contributed by atoms with E-state index in [2.05, 4.69) is 25.1 Å². The maximum atomic E-state index is 12.4. The Morgan fingerprint density at radius 2 is 1.91 bits per heavy atom. The number of amides is 1. The summed E-state index contributed by atoms with van der Waals surface area (Å²) < 4.78 is 0. The van der Waals surface area contributed by atoms with Gasteiger partial charge in [-0.1, -0.05) is 24.6 Å². The van der Waals surface area contributed by atoms with E-state index >= 15 is 0 Å². The Bertz CT molecular complexity index is 917. The quantitative estimate of drug-likeness (QED) is 0.539. The lowest BCUT2D eigenvalue weighted by Crippen LogP contribution is -2.51. The highest BCUT2D eigenvalue weighted by Gasteiger charge is 2.58. The predicted octanol–water partition coefficient (Wildman–Crippen LogP) is 2.73. The van der Waals surface area contributed by atoms with E-state index in [0.29, 0.717) is 17.8 Å². The third-order valence-corrected chi connectivity index (χ3v) is 10.2. The largest absolute Gasteiger partial charge is 0.480 e. The Labute approximate surface area is 201 Å². The van der Waals surface area contributed by atoms with E-state index in [0.717, 1.165) is 44.2 Å². The van der Waals surface area contributed by atoms with Gasteiger partial charge in [0.05, 0.1) is 17.9 Å². The molecule has 1 amide bonds. The van der Waals surface area contributed by atoms with Crippen molar-refractivity contribution in [3.63, 3.8) is 0 Å². The first-order valence-electron chi connectivity index (χ1n) is 12.9. The number of carbonyl (C=O) groups excluding carboxylic acids is 1. The van der Waals surface area contributed by atoms with Gasteiger partial charge in [0.1, 0.15) is 6.04 Å². The molecule has 0 bridgehead atoms. The highest BCUT2D eigenvalue weighted by molar-refractivity contribution is 5.96. The van der Waals surface area contributed by atoms with Crippen LogP contribution in [0.25, 0.3) is 0 Å². The lowest BCUT2D eigenvalue weighted by atomic mass is 9.47. The first kappa shape index (κ1) is 23.8. The van der Waals surface area contributed by atoms with E-state index in [4.69, 9.17) is 4.84 Å². The number of carbonyl (C=O) groups is 2. The molecule has 1 heterocycles. The zero-order chi connectivity index (χ0) is 24.3. The molecular formula is C26H38N2O6. The van der Waals surface area contributed by atoms with Crippen LogP contribution in [0.5, 0.6) is 0 Å². The fourth-order valence-corrected chi connectivity index (χ4v) is 8.19. The summed E-state index contributed by atoms with van der Waals surface area (Å²) in [6.45, 7) is 4.41. The molecule has 4 fully saturated rings. The molecule has 6 unspecified atom stereocenters. The molecule has 1 aliphatic heterocycles. The van der Waals surface area contributed by atoms with Gasteiger partial charge in [0.25, 0.3) is 5.91 Å². The molecule has 4 aliphatic carbocycles. The number of nitrogens with zero attached hydrogens (tertiary/aromatic N) is 2. The first-order valence-corrected chi connectivity index (χ1v) is 12.9. The van der Waals surface area contributed by atoms with Gasteiger partial charge in [0, 0.05) is 13.0 Å². The summed E-state index contributed by atoms with van der Waals surface area (Å²) in [5.74, 6) is 0.380. The molecule has 0 radical (unpaired) electrons. The molecule has 5 rings (SSSR count). The van der Waals surface area contributed by atoms with Crippen LogP contribution >= 0.6 is 0 Å². The van der Waals surface area contributed by atoms with Gasteiger partial charge >= 0.3 is 5.97 Å². The van der Waals surface area contributed by atoms with Crippen LogP contribution in [0, 0.1) is 28.6 Å². The Kier molecular flexibility index (Phi) is 6.04. The maximum absolute atomic E-state index is 12.4. The molecule has 5 aliphatic rings.